The third kappa shape index (κ3) is 3.44. The minimum absolute atomic E-state index is 1.01. The molecule has 0 aliphatic rings. The van der Waals surface area contributed by atoms with Crippen molar-refractivity contribution >= 4 is 29.3 Å². The molecule has 138 valence electrons. The summed E-state index contributed by atoms with van der Waals surface area (Å²) in [6.07, 6.45) is 2.99. The van der Waals surface area contributed by atoms with Gasteiger partial charge in [-0.3, -0.25) is 0 Å². The molecule has 1 heteroatoms. The third-order valence-corrected chi connectivity index (χ3v) is 10.4. The Hall–Kier alpha value is -2.95. The summed E-state index contributed by atoms with van der Waals surface area (Å²) in [7, 11) is -2.26. The molecule has 0 amide bonds. The van der Waals surface area contributed by atoms with Crippen LogP contribution in [0, 0.1) is 0 Å². The molecule has 0 fully saturated rings. The van der Waals surface area contributed by atoms with Crippen molar-refractivity contribution in [1.29, 1.82) is 0 Å². The van der Waals surface area contributed by atoms with Crippen molar-refractivity contribution in [3.63, 3.8) is 0 Å². The molecule has 0 saturated carbocycles. The molecule has 0 unspecified atom stereocenters. The zero-order valence-corrected chi connectivity index (χ0v) is 17.0. The van der Waals surface area contributed by atoms with Crippen LogP contribution in [-0.4, -0.2) is 0 Å². The summed E-state index contributed by atoms with van der Waals surface area (Å²) in [5, 5.41) is 4.31. The number of benzene rings is 4. The van der Waals surface area contributed by atoms with Gasteiger partial charge in [0.2, 0.25) is 0 Å². The van der Waals surface area contributed by atoms with Gasteiger partial charge in [0.15, 0.2) is 0 Å². The maximum absolute atomic E-state index is 4.06. The zero-order valence-electron chi connectivity index (χ0n) is 16.0. The molecule has 0 aliphatic carbocycles. The van der Waals surface area contributed by atoms with Crippen LogP contribution in [0.4, 0.5) is 0 Å². The number of hydrogen-bond donors (Lipinski definition) is 0. The molecule has 0 aromatic heterocycles. The normalized spacial score (nSPS) is 11.7. The van der Waals surface area contributed by atoms with Gasteiger partial charge in [-0.25, -0.2) is 0 Å². The third-order valence-electron chi connectivity index (χ3n) is 5.53. The van der Waals surface area contributed by atoms with Gasteiger partial charge >= 0.3 is 168 Å². The van der Waals surface area contributed by atoms with Crippen LogP contribution in [0.1, 0.15) is 11.1 Å². The first-order valence-electron chi connectivity index (χ1n) is 9.71. The standard InChI is InChI=1S/C27H25P/c1-2-23-14-12-13-15-24(23)22-28(25-16-6-3-7-17-25,26-18-8-4-9-19-26)27-20-10-5-11-21-27/h2-21,28H,1,22H2. The molecule has 0 bridgehead atoms. The predicted octanol–water partition coefficient (Wildman–Crippen LogP) is 5.56. The van der Waals surface area contributed by atoms with E-state index in [0.717, 1.165) is 6.16 Å². The molecular weight excluding hydrogens is 355 g/mol. The number of hydrogen-bond acceptors (Lipinski definition) is 0. The van der Waals surface area contributed by atoms with E-state index in [1.54, 1.807) is 0 Å². The first kappa shape index (κ1) is 18.4. The fourth-order valence-electron chi connectivity index (χ4n) is 4.15. The Balaban J connectivity index is 2.02. The van der Waals surface area contributed by atoms with Crippen LogP contribution in [0.15, 0.2) is 122 Å². The van der Waals surface area contributed by atoms with Gasteiger partial charge in [-0.2, -0.15) is 0 Å². The molecule has 4 aromatic carbocycles. The van der Waals surface area contributed by atoms with E-state index in [4.69, 9.17) is 0 Å². The van der Waals surface area contributed by atoms with Crippen LogP contribution in [0.3, 0.4) is 0 Å². The van der Waals surface area contributed by atoms with Crippen molar-refractivity contribution in [3.8, 4) is 0 Å². The van der Waals surface area contributed by atoms with Gasteiger partial charge in [0.25, 0.3) is 0 Å². The van der Waals surface area contributed by atoms with E-state index in [2.05, 4.69) is 122 Å². The van der Waals surface area contributed by atoms with Crippen LogP contribution in [-0.2, 0) is 6.16 Å². The van der Waals surface area contributed by atoms with Crippen molar-refractivity contribution in [2.24, 2.45) is 0 Å². The minimum atomic E-state index is -2.26. The van der Waals surface area contributed by atoms with Gasteiger partial charge in [0, 0.05) is 0 Å². The van der Waals surface area contributed by atoms with Crippen LogP contribution in [0.25, 0.3) is 6.08 Å². The Morgan fingerprint density at radius 1 is 0.536 bits per heavy atom. The summed E-state index contributed by atoms with van der Waals surface area (Å²) in [4.78, 5) is 0. The van der Waals surface area contributed by atoms with Gasteiger partial charge in [-0.15, -0.1) is 0 Å². The summed E-state index contributed by atoms with van der Waals surface area (Å²) in [5.41, 5.74) is 2.59. The maximum atomic E-state index is 4.06. The topological polar surface area (TPSA) is 0 Å². The van der Waals surface area contributed by atoms with Crippen molar-refractivity contribution in [3.05, 3.63) is 133 Å². The summed E-state index contributed by atoms with van der Waals surface area (Å²) in [6.45, 7) is 4.06. The van der Waals surface area contributed by atoms with E-state index in [1.165, 1.54) is 27.0 Å². The molecule has 0 nitrogen and oxygen atoms in total. The zero-order chi connectivity index (χ0) is 19.2. The van der Waals surface area contributed by atoms with E-state index in [-0.39, 0.29) is 0 Å². The van der Waals surface area contributed by atoms with E-state index < -0.39 is 7.26 Å². The second-order valence-electron chi connectivity index (χ2n) is 7.08. The average Bonchev–Trinajstić information content (AvgIpc) is 2.79. The Morgan fingerprint density at radius 2 is 0.929 bits per heavy atom. The molecule has 0 N–H and O–H groups in total. The van der Waals surface area contributed by atoms with Gasteiger partial charge in [-0.05, 0) is 0 Å². The van der Waals surface area contributed by atoms with E-state index in [9.17, 15) is 0 Å². The summed E-state index contributed by atoms with van der Waals surface area (Å²) < 4.78 is 0. The molecule has 4 aromatic rings. The fraction of sp³-hybridized carbons (Fsp3) is 0.0370. The van der Waals surface area contributed by atoms with Crippen molar-refractivity contribution in [2.45, 2.75) is 6.16 Å². The summed E-state index contributed by atoms with van der Waals surface area (Å²) in [5.74, 6) is 0. The molecule has 0 saturated heterocycles. The SMILES string of the molecule is C=Cc1ccccc1C[PH](c1ccccc1)(c1ccccc1)c1ccccc1. The van der Waals surface area contributed by atoms with Crippen LogP contribution in [0.5, 0.6) is 0 Å². The quantitative estimate of drug-likeness (QED) is 0.384. The second kappa shape index (κ2) is 8.38. The molecule has 28 heavy (non-hydrogen) atoms. The van der Waals surface area contributed by atoms with Crippen LogP contribution >= 0.6 is 7.26 Å². The Morgan fingerprint density at radius 3 is 1.36 bits per heavy atom. The van der Waals surface area contributed by atoms with Gasteiger partial charge in [0.1, 0.15) is 0 Å². The molecule has 0 radical (unpaired) electrons. The van der Waals surface area contributed by atoms with Gasteiger partial charge in [-0.1, -0.05) is 0 Å². The van der Waals surface area contributed by atoms with E-state index >= 15 is 0 Å². The molecule has 4 rings (SSSR count). The molecule has 0 atom stereocenters. The molecular formula is C27H25P. The van der Waals surface area contributed by atoms with E-state index in [0.29, 0.717) is 0 Å². The Bertz CT molecular complexity index is 940. The first-order valence-corrected chi connectivity index (χ1v) is 11.9. The monoisotopic (exact) mass is 380 g/mol. The molecule has 0 aliphatic heterocycles. The fourth-order valence-corrected chi connectivity index (χ4v) is 8.94. The number of rotatable bonds is 6. The van der Waals surface area contributed by atoms with Crippen LogP contribution < -0.4 is 15.9 Å². The van der Waals surface area contributed by atoms with Crippen molar-refractivity contribution in [1.82, 2.24) is 0 Å². The first-order chi connectivity index (χ1) is 13.8. The van der Waals surface area contributed by atoms with E-state index in [1.807, 2.05) is 6.08 Å². The van der Waals surface area contributed by atoms with Crippen molar-refractivity contribution in [2.75, 3.05) is 0 Å². The predicted molar refractivity (Wildman–Crippen MR) is 127 cm³/mol. The van der Waals surface area contributed by atoms with Gasteiger partial charge in [0.05, 0.1) is 0 Å². The Kier molecular flexibility index (Phi) is 5.51. The molecule has 0 spiro atoms. The molecule has 0 heterocycles. The summed E-state index contributed by atoms with van der Waals surface area (Å²) in [6, 6.07) is 41.8. The van der Waals surface area contributed by atoms with Crippen LogP contribution in [0.2, 0.25) is 0 Å². The average molecular weight is 380 g/mol. The summed E-state index contributed by atoms with van der Waals surface area (Å²) >= 11 is 0. The van der Waals surface area contributed by atoms with Gasteiger partial charge < -0.3 is 0 Å². The Labute approximate surface area is 168 Å². The van der Waals surface area contributed by atoms with Crippen molar-refractivity contribution < 1.29 is 0 Å². The second-order valence-corrected chi connectivity index (χ2v) is 11.0.